The van der Waals surface area contributed by atoms with E-state index in [9.17, 15) is 4.79 Å². The zero-order valence-electron chi connectivity index (χ0n) is 11.5. The summed E-state index contributed by atoms with van der Waals surface area (Å²) in [5.74, 6) is 0.735. The van der Waals surface area contributed by atoms with Crippen LogP contribution in [0.25, 0.3) is 0 Å². The van der Waals surface area contributed by atoms with Gasteiger partial charge in [0, 0.05) is 12.1 Å². The van der Waals surface area contributed by atoms with Crippen molar-refractivity contribution in [1.82, 2.24) is 10.6 Å². The molecule has 0 aliphatic carbocycles. The van der Waals surface area contributed by atoms with E-state index in [0.717, 1.165) is 6.42 Å². The number of hydrogen-bond acceptors (Lipinski definition) is 2. The molecule has 96 valence electrons. The Bertz CT molecular complexity index is 192. The lowest BCUT2D eigenvalue weighted by atomic mass is 9.95. The zero-order valence-corrected chi connectivity index (χ0v) is 11.5. The third-order valence-corrected chi connectivity index (χ3v) is 2.85. The van der Waals surface area contributed by atoms with Gasteiger partial charge in [0.15, 0.2) is 0 Å². The minimum Gasteiger partial charge on any atom is -0.353 e. The molecule has 3 nitrogen and oxygen atoms in total. The normalized spacial score (nSPS) is 14.9. The third-order valence-electron chi connectivity index (χ3n) is 2.85. The molecular formula is C13H28N2O. The number of hydrogen-bond donors (Lipinski definition) is 2. The highest BCUT2D eigenvalue weighted by Crippen LogP contribution is 2.12. The average Bonchev–Trinajstić information content (AvgIpc) is 2.17. The zero-order chi connectivity index (χ0) is 12.6. The maximum absolute atomic E-state index is 11.5. The molecule has 0 saturated carbocycles. The maximum atomic E-state index is 11.5. The standard InChI is InChI=1S/C13H28N2O/c1-6-8-11(5)12(7-2)14-9-13(16)15-10(3)4/h10-12,14H,6-9H2,1-5H3,(H,15,16). The van der Waals surface area contributed by atoms with Crippen LogP contribution in [0.1, 0.15) is 53.9 Å². The van der Waals surface area contributed by atoms with Crippen molar-refractivity contribution in [2.24, 2.45) is 5.92 Å². The van der Waals surface area contributed by atoms with Gasteiger partial charge >= 0.3 is 0 Å². The van der Waals surface area contributed by atoms with Crippen LogP contribution in [0.2, 0.25) is 0 Å². The van der Waals surface area contributed by atoms with Crippen molar-refractivity contribution in [2.45, 2.75) is 66.0 Å². The molecule has 0 saturated heterocycles. The second-order valence-corrected chi connectivity index (χ2v) is 4.88. The first-order chi connectivity index (χ1) is 7.51. The summed E-state index contributed by atoms with van der Waals surface area (Å²) in [6.45, 7) is 11.0. The monoisotopic (exact) mass is 228 g/mol. The molecule has 0 rings (SSSR count). The van der Waals surface area contributed by atoms with Crippen LogP contribution in [-0.2, 0) is 4.79 Å². The highest BCUT2D eigenvalue weighted by molar-refractivity contribution is 5.78. The summed E-state index contributed by atoms with van der Waals surface area (Å²) in [6.07, 6.45) is 3.50. The van der Waals surface area contributed by atoms with Gasteiger partial charge in [0.25, 0.3) is 0 Å². The second-order valence-electron chi connectivity index (χ2n) is 4.88. The molecule has 16 heavy (non-hydrogen) atoms. The van der Waals surface area contributed by atoms with Gasteiger partial charge in [-0.15, -0.1) is 0 Å². The summed E-state index contributed by atoms with van der Waals surface area (Å²) in [5.41, 5.74) is 0. The highest BCUT2D eigenvalue weighted by Gasteiger charge is 2.15. The molecule has 2 unspecified atom stereocenters. The predicted molar refractivity (Wildman–Crippen MR) is 69.4 cm³/mol. The van der Waals surface area contributed by atoms with Crippen LogP contribution in [0.5, 0.6) is 0 Å². The molecule has 0 spiro atoms. The first-order valence-electron chi connectivity index (χ1n) is 6.53. The van der Waals surface area contributed by atoms with Gasteiger partial charge in [0.2, 0.25) is 5.91 Å². The van der Waals surface area contributed by atoms with Gasteiger partial charge in [-0.2, -0.15) is 0 Å². The van der Waals surface area contributed by atoms with Crippen LogP contribution in [0, 0.1) is 5.92 Å². The summed E-state index contributed by atoms with van der Waals surface area (Å²) in [5, 5.41) is 6.24. The van der Waals surface area contributed by atoms with Crippen molar-refractivity contribution in [2.75, 3.05) is 6.54 Å². The van der Waals surface area contributed by atoms with E-state index in [-0.39, 0.29) is 11.9 Å². The van der Waals surface area contributed by atoms with Crippen LogP contribution in [0.15, 0.2) is 0 Å². The van der Waals surface area contributed by atoms with E-state index in [0.29, 0.717) is 18.5 Å². The molecule has 0 aromatic rings. The summed E-state index contributed by atoms with van der Waals surface area (Å²) in [4.78, 5) is 11.5. The molecule has 0 aliphatic rings. The van der Waals surface area contributed by atoms with Gasteiger partial charge < -0.3 is 10.6 Å². The van der Waals surface area contributed by atoms with E-state index in [1.165, 1.54) is 12.8 Å². The Morgan fingerprint density at radius 1 is 1.19 bits per heavy atom. The molecule has 0 heterocycles. The highest BCUT2D eigenvalue weighted by atomic mass is 16.1. The van der Waals surface area contributed by atoms with E-state index >= 15 is 0 Å². The van der Waals surface area contributed by atoms with E-state index < -0.39 is 0 Å². The van der Waals surface area contributed by atoms with E-state index in [4.69, 9.17) is 0 Å². The van der Waals surface area contributed by atoms with Crippen LogP contribution < -0.4 is 10.6 Å². The van der Waals surface area contributed by atoms with Crippen molar-refractivity contribution in [3.05, 3.63) is 0 Å². The number of carbonyl (C=O) groups is 1. The lowest BCUT2D eigenvalue weighted by molar-refractivity contribution is -0.120. The summed E-state index contributed by atoms with van der Waals surface area (Å²) in [6, 6.07) is 0.681. The molecule has 3 heteroatoms. The Labute approximate surface area is 100 Å². The fourth-order valence-electron chi connectivity index (χ4n) is 2.00. The van der Waals surface area contributed by atoms with Crippen molar-refractivity contribution < 1.29 is 4.79 Å². The fraction of sp³-hybridized carbons (Fsp3) is 0.923. The Hall–Kier alpha value is -0.570. The lowest BCUT2D eigenvalue weighted by Crippen LogP contribution is -2.43. The van der Waals surface area contributed by atoms with Crippen molar-refractivity contribution in [1.29, 1.82) is 0 Å². The summed E-state index contributed by atoms with van der Waals surface area (Å²) >= 11 is 0. The van der Waals surface area contributed by atoms with Crippen LogP contribution in [0.4, 0.5) is 0 Å². The third kappa shape index (κ3) is 6.83. The first-order valence-corrected chi connectivity index (χ1v) is 6.53. The lowest BCUT2D eigenvalue weighted by Gasteiger charge is -2.23. The molecule has 0 fully saturated rings. The Morgan fingerprint density at radius 2 is 1.81 bits per heavy atom. The van der Waals surface area contributed by atoms with Gasteiger partial charge in [0.05, 0.1) is 6.54 Å². The molecule has 0 bridgehead atoms. The molecule has 0 aromatic heterocycles. The minimum atomic E-state index is 0.0946. The summed E-state index contributed by atoms with van der Waals surface area (Å²) in [7, 11) is 0. The maximum Gasteiger partial charge on any atom is 0.234 e. The largest absolute Gasteiger partial charge is 0.353 e. The van der Waals surface area contributed by atoms with Gasteiger partial charge in [-0.3, -0.25) is 4.79 Å². The summed E-state index contributed by atoms with van der Waals surface area (Å²) < 4.78 is 0. The van der Waals surface area contributed by atoms with Gasteiger partial charge in [-0.05, 0) is 32.6 Å². The van der Waals surface area contributed by atoms with Gasteiger partial charge in [-0.25, -0.2) is 0 Å². The molecule has 0 aromatic carbocycles. The molecule has 2 atom stereocenters. The topological polar surface area (TPSA) is 41.1 Å². The van der Waals surface area contributed by atoms with Crippen LogP contribution in [-0.4, -0.2) is 24.5 Å². The quantitative estimate of drug-likeness (QED) is 0.669. The Balaban J connectivity index is 3.90. The molecule has 0 radical (unpaired) electrons. The van der Waals surface area contributed by atoms with E-state index in [1.807, 2.05) is 13.8 Å². The molecule has 1 amide bonds. The van der Waals surface area contributed by atoms with Crippen molar-refractivity contribution >= 4 is 5.91 Å². The molecular weight excluding hydrogens is 200 g/mol. The van der Waals surface area contributed by atoms with Crippen LogP contribution >= 0.6 is 0 Å². The minimum absolute atomic E-state index is 0.0946. The van der Waals surface area contributed by atoms with E-state index in [1.54, 1.807) is 0 Å². The number of amides is 1. The second kappa shape index (κ2) is 8.57. The SMILES string of the molecule is CCCC(C)C(CC)NCC(=O)NC(C)C. The molecule has 2 N–H and O–H groups in total. The Morgan fingerprint density at radius 3 is 2.25 bits per heavy atom. The Kier molecular flexibility index (Phi) is 8.26. The number of carbonyl (C=O) groups excluding carboxylic acids is 1. The van der Waals surface area contributed by atoms with Crippen LogP contribution in [0.3, 0.4) is 0 Å². The van der Waals surface area contributed by atoms with Gasteiger partial charge in [-0.1, -0.05) is 27.2 Å². The number of nitrogens with one attached hydrogen (secondary N) is 2. The fourth-order valence-corrected chi connectivity index (χ4v) is 2.00. The van der Waals surface area contributed by atoms with Crippen molar-refractivity contribution in [3.8, 4) is 0 Å². The van der Waals surface area contributed by atoms with Gasteiger partial charge in [0.1, 0.15) is 0 Å². The smallest absolute Gasteiger partial charge is 0.234 e. The predicted octanol–water partition coefficient (Wildman–Crippen LogP) is 2.32. The average molecular weight is 228 g/mol. The van der Waals surface area contributed by atoms with E-state index in [2.05, 4.69) is 31.4 Å². The first kappa shape index (κ1) is 15.4. The molecule has 0 aliphatic heterocycles. The van der Waals surface area contributed by atoms with Crippen molar-refractivity contribution in [3.63, 3.8) is 0 Å². The number of rotatable bonds is 8.